The molecule has 16 heavy (non-hydrogen) atoms. The Balaban J connectivity index is 0.00000225. The first-order valence-electron chi connectivity index (χ1n) is 4.76. The molecular formula is C10H18ClN3O2. The van der Waals surface area contributed by atoms with Crippen LogP contribution in [0.3, 0.4) is 0 Å². The van der Waals surface area contributed by atoms with Crippen molar-refractivity contribution in [1.82, 2.24) is 10.2 Å². The van der Waals surface area contributed by atoms with Crippen molar-refractivity contribution in [3.05, 3.63) is 11.3 Å². The summed E-state index contributed by atoms with van der Waals surface area (Å²) in [4.78, 5) is 11.5. The van der Waals surface area contributed by atoms with Crippen molar-refractivity contribution < 1.29 is 9.53 Å². The third-order valence-electron chi connectivity index (χ3n) is 1.83. The molecule has 0 atom stereocenters. The van der Waals surface area contributed by atoms with Gasteiger partial charge in [0.05, 0.1) is 7.11 Å². The molecule has 92 valence electrons. The van der Waals surface area contributed by atoms with Gasteiger partial charge in [-0.2, -0.15) is 5.10 Å². The third kappa shape index (κ3) is 3.41. The number of H-pyrrole nitrogens is 1. The average Bonchev–Trinajstić information content (AvgIpc) is 2.43. The number of nitrogens with one attached hydrogen (secondary N) is 2. The van der Waals surface area contributed by atoms with Crippen molar-refractivity contribution in [3.63, 3.8) is 0 Å². The fourth-order valence-corrected chi connectivity index (χ4v) is 1.23. The number of aryl methyl sites for hydroxylation is 1. The molecule has 0 unspecified atom stereocenters. The highest BCUT2D eigenvalue weighted by Gasteiger charge is 2.21. The van der Waals surface area contributed by atoms with Crippen LogP contribution in [0, 0.1) is 6.92 Å². The summed E-state index contributed by atoms with van der Waals surface area (Å²) in [5, 5.41) is 9.94. The van der Waals surface area contributed by atoms with E-state index in [4.69, 9.17) is 4.74 Å². The summed E-state index contributed by atoms with van der Waals surface area (Å²) >= 11 is 0. The van der Waals surface area contributed by atoms with Gasteiger partial charge in [-0.1, -0.05) is 0 Å². The van der Waals surface area contributed by atoms with E-state index in [1.54, 1.807) is 6.92 Å². The lowest BCUT2D eigenvalue weighted by Gasteiger charge is -2.20. The van der Waals surface area contributed by atoms with E-state index in [-0.39, 0.29) is 23.9 Å². The van der Waals surface area contributed by atoms with E-state index in [9.17, 15) is 4.79 Å². The predicted molar refractivity (Wildman–Crippen MR) is 65.3 cm³/mol. The minimum atomic E-state index is -0.381. The summed E-state index contributed by atoms with van der Waals surface area (Å²) in [5.74, 6) is 0.153. The van der Waals surface area contributed by atoms with Gasteiger partial charge in [-0.05, 0) is 27.7 Å². The van der Waals surface area contributed by atoms with E-state index < -0.39 is 0 Å². The molecule has 1 aromatic heterocycles. The highest BCUT2D eigenvalue weighted by Crippen LogP contribution is 2.20. The fraction of sp³-hybridized carbons (Fsp3) is 0.600. The van der Waals surface area contributed by atoms with E-state index in [1.165, 1.54) is 7.11 Å². The second kappa shape index (κ2) is 5.21. The van der Waals surface area contributed by atoms with Crippen LogP contribution in [0.5, 0.6) is 0 Å². The van der Waals surface area contributed by atoms with Crippen molar-refractivity contribution in [2.75, 3.05) is 12.4 Å². The van der Waals surface area contributed by atoms with E-state index in [0.717, 1.165) is 0 Å². The van der Waals surface area contributed by atoms with Gasteiger partial charge >= 0.3 is 5.97 Å². The number of methoxy groups -OCH3 is 1. The quantitative estimate of drug-likeness (QED) is 0.786. The fourth-order valence-electron chi connectivity index (χ4n) is 1.23. The van der Waals surface area contributed by atoms with Gasteiger partial charge in [0.25, 0.3) is 0 Å². The van der Waals surface area contributed by atoms with Crippen LogP contribution >= 0.6 is 12.4 Å². The summed E-state index contributed by atoms with van der Waals surface area (Å²) in [5.41, 5.74) is 1.02. The van der Waals surface area contributed by atoms with E-state index in [2.05, 4.69) is 15.5 Å². The molecule has 0 saturated heterocycles. The second-order valence-electron chi connectivity index (χ2n) is 4.44. The minimum Gasteiger partial charge on any atom is -0.465 e. The zero-order valence-electron chi connectivity index (χ0n) is 10.2. The predicted octanol–water partition coefficient (Wildman–Crippen LogP) is 2.14. The van der Waals surface area contributed by atoms with Gasteiger partial charge in [-0.25, -0.2) is 4.79 Å². The Labute approximate surface area is 101 Å². The molecule has 0 aliphatic rings. The molecule has 0 bridgehead atoms. The number of hydrogen-bond acceptors (Lipinski definition) is 4. The van der Waals surface area contributed by atoms with Crippen LogP contribution in [0.15, 0.2) is 0 Å². The number of nitrogens with zero attached hydrogens (tertiary/aromatic N) is 1. The van der Waals surface area contributed by atoms with Gasteiger partial charge < -0.3 is 10.1 Å². The zero-order chi connectivity index (χ0) is 11.6. The molecule has 0 saturated carbocycles. The van der Waals surface area contributed by atoms with Crippen LogP contribution in [0.2, 0.25) is 0 Å². The maximum absolute atomic E-state index is 11.5. The first kappa shape index (κ1) is 14.8. The van der Waals surface area contributed by atoms with Crippen LogP contribution in [0.4, 0.5) is 5.82 Å². The maximum atomic E-state index is 11.5. The summed E-state index contributed by atoms with van der Waals surface area (Å²) in [6.45, 7) is 7.78. The molecule has 5 nitrogen and oxygen atoms in total. The smallest absolute Gasteiger partial charge is 0.343 e. The number of hydrogen-bond donors (Lipinski definition) is 2. The Bertz CT molecular complexity index is 369. The number of carbonyl (C=O) groups excluding carboxylic acids is 1. The molecule has 0 aromatic carbocycles. The topological polar surface area (TPSA) is 67.0 Å². The summed E-state index contributed by atoms with van der Waals surface area (Å²) in [6, 6.07) is 0. The Morgan fingerprint density at radius 1 is 1.44 bits per heavy atom. The molecule has 0 spiro atoms. The van der Waals surface area contributed by atoms with Crippen LogP contribution in [0.25, 0.3) is 0 Å². The van der Waals surface area contributed by atoms with Gasteiger partial charge in [0.2, 0.25) is 0 Å². The molecule has 0 aliphatic heterocycles. The van der Waals surface area contributed by atoms with Gasteiger partial charge in [0.1, 0.15) is 5.56 Å². The van der Waals surface area contributed by atoms with Crippen molar-refractivity contribution in [2.24, 2.45) is 0 Å². The second-order valence-corrected chi connectivity index (χ2v) is 4.44. The van der Waals surface area contributed by atoms with E-state index >= 15 is 0 Å². The van der Waals surface area contributed by atoms with Crippen molar-refractivity contribution in [3.8, 4) is 0 Å². The monoisotopic (exact) mass is 247 g/mol. The van der Waals surface area contributed by atoms with Crippen LogP contribution in [0.1, 0.15) is 36.8 Å². The first-order valence-corrected chi connectivity index (χ1v) is 4.76. The highest BCUT2D eigenvalue weighted by molar-refractivity contribution is 5.95. The zero-order valence-corrected chi connectivity index (χ0v) is 11.0. The van der Waals surface area contributed by atoms with Gasteiger partial charge in [0.15, 0.2) is 5.82 Å². The number of ether oxygens (including phenoxy) is 1. The molecular weight excluding hydrogens is 230 g/mol. The SMILES string of the molecule is COC(=O)c1c(NC(C)(C)C)n[nH]c1C.Cl. The van der Waals surface area contributed by atoms with E-state index in [1.807, 2.05) is 20.8 Å². The lowest BCUT2D eigenvalue weighted by Crippen LogP contribution is -2.27. The summed E-state index contributed by atoms with van der Waals surface area (Å²) in [6.07, 6.45) is 0. The summed E-state index contributed by atoms with van der Waals surface area (Å²) < 4.78 is 4.69. The number of aromatic amines is 1. The number of esters is 1. The molecule has 2 N–H and O–H groups in total. The Morgan fingerprint density at radius 3 is 2.44 bits per heavy atom. The van der Waals surface area contributed by atoms with Crippen molar-refractivity contribution >= 4 is 24.2 Å². The van der Waals surface area contributed by atoms with E-state index in [0.29, 0.717) is 17.1 Å². The average molecular weight is 248 g/mol. The minimum absolute atomic E-state index is 0. The number of aromatic nitrogens is 2. The maximum Gasteiger partial charge on any atom is 0.343 e. The molecule has 0 amide bonds. The molecule has 0 aliphatic carbocycles. The lowest BCUT2D eigenvalue weighted by atomic mass is 10.1. The molecule has 1 heterocycles. The molecule has 6 heteroatoms. The van der Waals surface area contributed by atoms with Gasteiger partial charge in [0, 0.05) is 11.2 Å². The molecule has 0 radical (unpaired) electrons. The van der Waals surface area contributed by atoms with Crippen LogP contribution < -0.4 is 5.32 Å². The summed E-state index contributed by atoms with van der Waals surface area (Å²) in [7, 11) is 1.36. The molecule has 1 rings (SSSR count). The number of halogens is 1. The number of rotatable bonds is 2. The molecule has 1 aromatic rings. The Morgan fingerprint density at radius 2 is 2.00 bits per heavy atom. The third-order valence-corrected chi connectivity index (χ3v) is 1.83. The van der Waals surface area contributed by atoms with Crippen LogP contribution in [-0.2, 0) is 4.74 Å². The molecule has 0 fully saturated rings. The number of anilines is 1. The van der Waals surface area contributed by atoms with Gasteiger partial charge in [-0.3, -0.25) is 5.10 Å². The lowest BCUT2D eigenvalue weighted by molar-refractivity contribution is 0.0601. The van der Waals surface area contributed by atoms with Gasteiger partial charge in [-0.15, -0.1) is 12.4 Å². The standard InChI is InChI=1S/C10H17N3O2.ClH/c1-6-7(9(14)15-5)8(13-12-6)11-10(2,3)4;/h1-5H3,(H2,11,12,13);1H. The van der Waals surface area contributed by atoms with Crippen molar-refractivity contribution in [2.45, 2.75) is 33.2 Å². The Kier molecular flexibility index (Phi) is 4.81. The largest absolute Gasteiger partial charge is 0.465 e. The van der Waals surface area contributed by atoms with Crippen molar-refractivity contribution in [1.29, 1.82) is 0 Å². The number of carbonyl (C=O) groups is 1. The Hall–Kier alpha value is -1.23. The highest BCUT2D eigenvalue weighted by atomic mass is 35.5. The first-order chi connectivity index (χ1) is 6.85. The van der Waals surface area contributed by atoms with Crippen LogP contribution in [-0.4, -0.2) is 28.8 Å². The normalized spacial score (nSPS) is 10.6.